The Morgan fingerprint density at radius 1 is 1.43 bits per heavy atom. The second-order valence-electron chi connectivity index (χ2n) is 5.07. The van der Waals surface area contributed by atoms with Crippen molar-refractivity contribution in [2.24, 2.45) is 5.92 Å². The highest BCUT2D eigenvalue weighted by molar-refractivity contribution is 9.10. The van der Waals surface area contributed by atoms with Gasteiger partial charge in [0, 0.05) is 13.1 Å². The zero-order chi connectivity index (χ0) is 15.1. The molecule has 0 atom stereocenters. The number of carbonyl (C=O) groups excluding carboxylic acids is 1. The van der Waals surface area contributed by atoms with Crippen molar-refractivity contribution in [3.8, 4) is 0 Å². The predicted octanol–water partition coefficient (Wildman–Crippen LogP) is 2.64. The Balaban J connectivity index is 1.70. The minimum atomic E-state index is -0.284. The third kappa shape index (κ3) is 5.28. The third-order valence-corrected chi connectivity index (χ3v) is 3.96. The maximum Gasteiger partial charge on any atom is 0.332 e. The lowest BCUT2D eigenvalue weighted by atomic mass is 9.98. The zero-order valence-electron chi connectivity index (χ0n) is 12.3. The minimum Gasteiger partial charge on any atom is -0.464 e. The highest BCUT2D eigenvalue weighted by Crippen LogP contribution is 2.23. The van der Waals surface area contributed by atoms with Crippen LogP contribution >= 0.6 is 15.9 Å². The van der Waals surface area contributed by atoms with Crippen molar-refractivity contribution >= 4 is 27.7 Å². The molecule has 2 heterocycles. The van der Waals surface area contributed by atoms with Gasteiger partial charge in [0.25, 0.3) is 0 Å². The Morgan fingerprint density at radius 2 is 2.19 bits per heavy atom. The fraction of sp³-hybridized carbons (Fsp3) is 0.600. The standard InChI is InChI=1S/C15H21BrN2O3/c1-2-21-15(19)11-20-10-12-6-8-18(9-7-12)14-5-3-4-13(16)17-14/h3-5,12H,2,6-11H2,1H3. The number of halogens is 1. The van der Waals surface area contributed by atoms with E-state index in [1.54, 1.807) is 6.92 Å². The first kappa shape index (κ1) is 16.2. The van der Waals surface area contributed by atoms with E-state index < -0.39 is 0 Å². The molecule has 0 saturated carbocycles. The summed E-state index contributed by atoms with van der Waals surface area (Å²) in [4.78, 5) is 17.9. The third-order valence-electron chi connectivity index (χ3n) is 3.52. The van der Waals surface area contributed by atoms with Crippen LogP contribution in [0.5, 0.6) is 0 Å². The number of nitrogens with zero attached hydrogens (tertiary/aromatic N) is 2. The average molecular weight is 357 g/mol. The van der Waals surface area contributed by atoms with Gasteiger partial charge >= 0.3 is 5.97 Å². The molecule has 0 bridgehead atoms. The van der Waals surface area contributed by atoms with Gasteiger partial charge in [-0.1, -0.05) is 6.07 Å². The van der Waals surface area contributed by atoms with Crippen LogP contribution in [0.2, 0.25) is 0 Å². The Kier molecular flexibility index (Phi) is 6.45. The molecule has 0 aromatic carbocycles. The monoisotopic (exact) mass is 356 g/mol. The molecular weight excluding hydrogens is 336 g/mol. The Labute approximate surface area is 133 Å². The summed E-state index contributed by atoms with van der Waals surface area (Å²) in [6.07, 6.45) is 2.11. The van der Waals surface area contributed by atoms with Crippen LogP contribution in [0.15, 0.2) is 22.8 Å². The van der Waals surface area contributed by atoms with Crippen LogP contribution in [-0.4, -0.2) is 43.9 Å². The summed E-state index contributed by atoms with van der Waals surface area (Å²) in [6.45, 7) is 4.82. The van der Waals surface area contributed by atoms with E-state index in [2.05, 4.69) is 25.8 Å². The van der Waals surface area contributed by atoms with Crippen LogP contribution in [0, 0.1) is 5.92 Å². The van der Waals surface area contributed by atoms with Gasteiger partial charge in [-0.15, -0.1) is 0 Å². The number of carbonyl (C=O) groups is 1. The fourth-order valence-electron chi connectivity index (χ4n) is 2.41. The number of rotatable bonds is 6. The highest BCUT2D eigenvalue weighted by Gasteiger charge is 2.20. The lowest BCUT2D eigenvalue weighted by Gasteiger charge is -2.32. The molecule has 2 rings (SSSR count). The number of anilines is 1. The van der Waals surface area contributed by atoms with Crippen molar-refractivity contribution < 1.29 is 14.3 Å². The topological polar surface area (TPSA) is 51.7 Å². The molecule has 6 heteroatoms. The lowest BCUT2D eigenvalue weighted by Crippen LogP contribution is -2.35. The second kappa shape index (κ2) is 8.34. The largest absolute Gasteiger partial charge is 0.464 e. The summed E-state index contributed by atoms with van der Waals surface area (Å²) in [5.41, 5.74) is 0. The van der Waals surface area contributed by atoms with Gasteiger partial charge < -0.3 is 14.4 Å². The number of pyridine rings is 1. The Hall–Kier alpha value is -1.14. The van der Waals surface area contributed by atoms with E-state index in [1.165, 1.54) is 0 Å². The van der Waals surface area contributed by atoms with Gasteiger partial charge in [0.1, 0.15) is 17.0 Å². The normalized spacial score (nSPS) is 16.0. The maximum atomic E-state index is 11.2. The van der Waals surface area contributed by atoms with Gasteiger partial charge in [0.15, 0.2) is 0 Å². The SMILES string of the molecule is CCOC(=O)COCC1CCN(c2cccc(Br)n2)CC1. The van der Waals surface area contributed by atoms with Gasteiger partial charge in [-0.2, -0.15) is 0 Å². The number of hydrogen-bond donors (Lipinski definition) is 0. The Bertz CT molecular complexity index is 462. The molecular formula is C15H21BrN2O3. The first-order valence-electron chi connectivity index (χ1n) is 7.30. The van der Waals surface area contributed by atoms with Gasteiger partial charge in [-0.3, -0.25) is 0 Å². The fourth-order valence-corrected chi connectivity index (χ4v) is 2.75. The van der Waals surface area contributed by atoms with E-state index in [1.807, 2.05) is 18.2 Å². The zero-order valence-corrected chi connectivity index (χ0v) is 13.8. The van der Waals surface area contributed by atoms with Crippen LogP contribution in [-0.2, 0) is 14.3 Å². The molecule has 116 valence electrons. The number of aromatic nitrogens is 1. The number of piperidine rings is 1. The van der Waals surface area contributed by atoms with Crippen LogP contribution < -0.4 is 4.90 Å². The molecule has 5 nitrogen and oxygen atoms in total. The minimum absolute atomic E-state index is 0.0568. The molecule has 0 N–H and O–H groups in total. The summed E-state index contributed by atoms with van der Waals surface area (Å²) in [5, 5.41) is 0. The van der Waals surface area contributed by atoms with E-state index in [-0.39, 0.29) is 12.6 Å². The van der Waals surface area contributed by atoms with Crippen molar-refractivity contribution in [2.75, 3.05) is 37.8 Å². The molecule has 0 radical (unpaired) electrons. The summed E-state index contributed by atoms with van der Waals surface area (Å²) in [5.74, 6) is 1.23. The summed E-state index contributed by atoms with van der Waals surface area (Å²) in [7, 11) is 0. The average Bonchev–Trinajstić information content (AvgIpc) is 2.48. The van der Waals surface area contributed by atoms with Gasteiger partial charge in [0.05, 0.1) is 13.2 Å². The first-order chi connectivity index (χ1) is 10.2. The molecule has 1 aromatic rings. The number of ether oxygens (including phenoxy) is 2. The van der Waals surface area contributed by atoms with Crippen LogP contribution in [0.4, 0.5) is 5.82 Å². The molecule has 1 aliphatic heterocycles. The van der Waals surface area contributed by atoms with E-state index in [4.69, 9.17) is 9.47 Å². The van der Waals surface area contributed by atoms with E-state index in [0.717, 1.165) is 36.4 Å². The van der Waals surface area contributed by atoms with Crippen molar-refractivity contribution in [1.82, 2.24) is 4.98 Å². The van der Waals surface area contributed by atoms with Gasteiger partial charge in [-0.25, -0.2) is 9.78 Å². The molecule has 21 heavy (non-hydrogen) atoms. The molecule has 0 amide bonds. The highest BCUT2D eigenvalue weighted by atomic mass is 79.9. The molecule has 0 unspecified atom stereocenters. The van der Waals surface area contributed by atoms with Crippen molar-refractivity contribution in [2.45, 2.75) is 19.8 Å². The summed E-state index contributed by atoms with van der Waals surface area (Å²) >= 11 is 3.40. The number of hydrogen-bond acceptors (Lipinski definition) is 5. The Morgan fingerprint density at radius 3 is 2.86 bits per heavy atom. The second-order valence-corrected chi connectivity index (χ2v) is 5.88. The molecule has 1 aromatic heterocycles. The predicted molar refractivity (Wildman–Crippen MR) is 84.3 cm³/mol. The molecule has 1 fully saturated rings. The van der Waals surface area contributed by atoms with Crippen molar-refractivity contribution in [3.05, 3.63) is 22.8 Å². The lowest BCUT2D eigenvalue weighted by molar-refractivity contribution is -0.148. The summed E-state index contributed by atoms with van der Waals surface area (Å²) < 4.78 is 11.1. The van der Waals surface area contributed by atoms with Crippen LogP contribution in [0.25, 0.3) is 0 Å². The quantitative estimate of drug-likeness (QED) is 0.579. The van der Waals surface area contributed by atoms with E-state index in [9.17, 15) is 4.79 Å². The van der Waals surface area contributed by atoms with Crippen LogP contribution in [0.3, 0.4) is 0 Å². The van der Waals surface area contributed by atoms with Gasteiger partial charge in [-0.05, 0) is 53.7 Å². The van der Waals surface area contributed by atoms with Gasteiger partial charge in [0.2, 0.25) is 0 Å². The van der Waals surface area contributed by atoms with Crippen LogP contribution in [0.1, 0.15) is 19.8 Å². The molecule has 1 aliphatic rings. The first-order valence-corrected chi connectivity index (χ1v) is 8.09. The smallest absolute Gasteiger partial charge is 0.332 e. The number of esters is 1. The maximum absolute atomic E-state index is 11.2. The van der Waals surface area contributed by atoms with Crippen molar-refractivity contribution in [1.29, 1.82) is 0 Å². The van der Waals surface area contributed by atoms with Crippen molar-refractivity contribution in [3.63, 3.8) is 0 Å². The molecule has 1 saturated heterocycles. The summed E-state index contributed by atoms with van der Waals surface area (Å²) in [6, 6.07) is 5.96. The molecule has 0 aliphatic carbocycles. The van der Waals surface area contributed by atoms with E-state index >= 15 is 0 Å². The van der Waals surface area contributed by atoms with E-state index in [0.29, 0.717) is 19.1 Å². The molecule has 0 spiro atoms.